The second-order valence-electron chi connectivity index (χ2n) is 1.48. The van der Waals surface area contributed by atoms with Crippen LogP contribution in [0, 0.1) is 0 Å². The molecule has 0 spiro atoms. The highest BCUT2D eigenvalue weighted by Crippen LogP contribution is 2.23. The molecule has 62 valence electrons. The summed E-state index contributed by atoms with van der Waals surface area (Å²) in [6.45, 7) is -2.14. The van der Waals surface area contributed by atoms with Crippen LogP contribution in [0.5, 0.6) is 0 Å². The normalized spacial score (nSPS) is 15.3. The molecule has 0 bridgehead atoms. The minimum absolute atomic E-state index is 0.795. The number of hydrogen-bond acceptors (Lipinski definition) is 2. The quantitative estimate of drug-likeness (QED) is 0.686. The fourth-order valence-corrected chi connectivity index (χ4v) is 0.449. The Bertz CT molecular complexity index is 101. The Balaban J connectivity index is 3.64. The van der Waals surface area contributed by atoms with Crippen molar-refractivity contribution in [2.75, 3.05) is 13.3 Å². The summed E-state index contributed by atoms with van der Waals surface area (Å²) in [5.74, 6) is 0. The van der Waals surface area contributed by atoms with Gasteiger partial charge in [-0.15, -0.1) is 0 Å². The zero-order valence-electron chi connectivity index (χ0n) is 4.86. The molecule has 0 aromatic heterocycles. The summed E-state index contributed by atoms with van der Waals surface area (Å²) in [7, 11) is 0. The fourth-order valence-electron chi connectivity index (χ4n) is 0.256. The predicted molar refractivity (Wildman–Crippen MR) is 33.5 cm³/mol. The van der Waals surface area contributed by atoms with E-state index in [4.69, 9.17) is 28.3 Å². The summed E-state index contributed by atoms with van der Waals surface area (Å²) < 4.78 is 25.2. The first-order chi connectivity index (χ1) is 4.52. The molecule has 0 aliphatic rings. The third kappa shape index (κ3) is 4.22. The van der Waals surface area contributed by atoms with E-state index in [1.807, 2.05) is 0 Å². The van der Waals surface area contributed by atoms with E-state index in [0.29, 0.717) is 0 Å². The van der Waals surface area contributed by atoms with Crippen LogP contribution >= 0.6 is 23.2 Å². The molecule has 1 N–H and O–H groups in total. The molecule has 0 saturated carbocycles. The van der Waals surface area contributed by atoms with Gasteiger partial charge in [-0.25, -0.2) is 8.78 Å². The van der Waals surface area contributed by atoms with E-state index in [0.717, 1.165) is 0 Å². The third-order valence-corrected chi connectivity index (χ3v) is 1.02. The van der Waals surface area contributed by atoms with Gasteiger partial charge in [0.05, 0.1) is 0 Å². The monoisotopic (exact) mass is 194 g/mol. The minimum atomic E-state index is -2.19. The van der Waals surface area contributed by atoms with Gasteiger partial charge in [-0.05, 0) is 0 Å². The van der Waals surface area contributed by atoms with Crippen molar-refractivity contribution in [1.29, 1.82) is 0 Å². The minimum Gasteiger partial charge on any atom is -0.391 e. The molecule has 0 aliphatic carbocycles. The van der Waals surface area contributed by atoms with Crippen LogP contribution in [0.1, 0.15) is 0 Å². The first-order valence-corrected chi connectivity index (χ1v) is 3.14. The second kappa shape index (κ2) is 4.28. The van der Waals surface area contributed by atoms with Crippen LogP contribution in [0.2, 0.25) is 0 Å². The van der Waals surface area contributed by atoms with Crippen molar-refractivity contribution >= 4 is 23.2 Å². The third-order valence-electron chi connectivity index (χ3n) is 0.606. The summed E-state index contributed by atoms with van der Waals surface area (Å²) in [5, 5.41) is 8.26. The zero-order chi connectivity index (χ0) is 8.20. The van der Waals surface area contributed by atoms with Crippen LogP contribution in [0.25, 0.3) is 0 Å². The molecule has 10 heavy (non-hydrogen) atoms. The predicted octanol–water partition coefficient (Wildman–Crippen LogP) is 1.39. The van der Waals surface area contributed by atoms with Gasteiger partial charge in [-0.3, -0.25) is 0 Å². The topological polar surface area (TPSA) is 29.5 Å². The van der Waals surface area contributed by atoms with E-state index in [1.54, 1.807) is 0 Å². The van der Waals surface area contributed by atoms with Crippen LogP contribution in [-0.4, -0.2) is 29.3 Å². The Kier molecular flexibility index (Phi) is 4.44. The van der Waals surface area contributed by atoms with Crippen molar-refractivity contribution in [2.45, 2.75) is 10.9 Å². The van der Waals surface area contributed by atoms with Gasteiger partial charge in [0.1, 0.15) is 13.3 Å². The van der Waals surface area contributed by atoms with Gasteiger partial charge in [0.25, 0.3) is 0 Å². The molecule has 0 rings (SSSR count). The Morgan fingerprint density at radius 3 is 2.40 bits per heavy atom. The van der Waals surface area contributed by atoms with E-state index in [9.17, 15) is 8.78 Å². The van der Waals surface area contributed by atoms with E-state index in [2.05, 4.69) is 4.74 Å². The highest BCUT2D eigenvalue weighted by atomic mass is 35.5. The number of ether oxygens (including phenoxy) is 1. The lowest BCUT2D eigenvalue weighted by Crippen LogP contribution is -2.28. The van der Waals surface area contributed by atoms with Crippen LogP contribution in [0.4, 0.5) is 8.78 Å². The molecule has 1 atom stereocenters. The Labute approximate surface area is 66.7 Å². The Morgan fingerprint density at radius 2 is 2.10 bits per heavy atom. The lowest BCUT2D eigenvalue weighted by Gasteiger charge is -2.18. The number of rotatable bonds is 4. The molecule has 0 radical (unpaired) electrons. The van der Waals surface area contributed by atoms with Crippen molar-refractivity contribution < 1.29 is 18.6 Å². The molecule has 6 heteroatoms. The van der Waals surface area contributed by atoms with Crippen molar-refractivity contribution in [2.24, 2.45) is 0 Å². The maximum absolute atomic E-state index is 11.9. The summed E-state index contributed by atoms with van der Waals surface area (Å²) in [5.41, 5.74) is 0. The van der Waals surface area contributed by atoms with Crippen molar-refractivity contribution in [3.63, 3.8) is 0 Å². The SMILES string of the molecule is OCC(Cl)(Cl)OC(F)CF. The molecule has 0 aliphatic heterocycles. The number of alkyl halides is 4. The van der Waals surface area contributed by atoms with Gasteiger partial charge in [0.2, 0.25) is 10.9 Å². The van der Waals surface area contributed by atoms with Crippen molar-refractivity contribution in [1.82, 2.24) is 0 Å². The lowest BCUT2D eigenvalue weighted by molar-refractivity contribution is -0.0972. The summed E-state index contributed by atoms with van der Waals surface area (Å²) >= 11 is 10.2. The first-order valence-electron chi connectivity index (χ1n) is 2.38. The van der Waals surface area contributed by atoms with Gasteiger partial charge in [-0.2, -0.15) is 0 Å². The molecule has 2 nitrogen and oxygen atoms in total. The average molecular weight is 195 g/mol. The maximum Gasteiger partial charge on any atom is 0.243 e. The highest BCUT2D eigenvalue weighted by molar-refractivity contribution is 6.47. The average Bonchev–Trinajstić information content (AvgIpc) is 1.87. The molecule has 0 amide bonds. The molecule has 0 heterocycles. The van der Waals surface area contributed by atoms with Crippen molar-refractivity contribution in [3.8, 4) is 0 Å². The van der Waals surface area contributed by atoms with Gasteiger partial charge in [0, 0.05) is 0 Å². The standard InChI is InChI=1S/C4H6Cl2F2O2/c5-4(6,2-9)10-3(8)1-7/h3,9H,1-2H2. The van der Waals surface area contributed by atoms with Crippen LogP contribution in [0.3, 0.4) is 0 Å². The molecule has 0 aromatic carbocycles. The zero-order valence-corrected chi connectivity index (χ0v) is 6.37. The molecule has 0 aromatic rings. The summed E-state index contributed by atoms with van der Waals surface area (Å²) in [6.07, 6.45) is -2.19. The van der Waals surface area contributed by atoms with E-state index < -0.39 is 24.2 Å². The van der Waals surface area contributed by atoms with Gasteiger partial charge >= 0.3 is 0 Å². The van der Waals surface area contributed by atoms with Crippen LogP contribution in [-0.2, 0) is 4.74 Å². The lowest BCUT2D eigenvalue weighted by atomic mass is 10.7. The second-order valence-corrected chi connectivity index (χ2v) is 2.89. The first kappa shape index (κ1) is 10.4. The largest absolute Gasteiger partial charge is 0.391 e. The molecule has 1 unspecified atom stereocenters. The Hall–Kier alpha value is 0.360. The molecular weight excluding hydrogens is 189 g/mol. The van der Waals surface area contributed by atoms with Gasteiger partial charge < -0.3 is 9.84 Å². The van der Waals surface area contributed by atoms with Crippen molar-refractivity contribution in [3.05, 3.63) is 0 Å². The van der Waals surface area contributed by atoms with E-state index in [-0.39, 0.29) is 0 Å². The van der Waals surface area contributed by atoms with Crippen LogP contribution in [0.15, 0.2) is 0 Å². The van der Waals surface area contributed by atoms with E-state index >= 15 is 0 Å². The molecule has 0 fully saturated rings. The highest BCUT2D eigenvalue weighted by Gasteiger charge is 2.27. The smallest absolute Gasteiger partial charge is 0.243 e. The van der Waals surface area contributed by atoms with Gasteiger partial charge in [0.15, 0.2) is 0 Å². The number of hydrogen-bond donors (Lipinski definition) is 1. The summed E-state index contributed by atoms with van der Waals surface area (Å²) in [6, 6.07) is 0. The van der Waals surface area contributed by atoms with Gasteiger partial charge in [-0.1, -0.05) is 23.2 Å². The number of halogens is 4. The number of aliphatic hydroxyl groups is 1. The molecule has 0 saturated heterocycles. The molecular formula is C4H6Cl2F2O2. The fraction of sp³-hybridized carbons (Fsp3) is 1.00. The van der Waals surface area contributed by atoms with E-state index in [1.165, 1.54) is 0 Å². The number of aliphatic hydroxyl groups excluding tert-OH is 1. The summed E-state index contributed by atoms with van der Waals surface area (Å²) in [4.78, 5) is 0. The Morgan fingerprint density at radius 1 is 1.60 bits per heavy atom. The maximum atomic E-state index is 11.9. The van der Waals surface area contributed by atoms with Crippen LogP contribution < -0.4 is 0 Å².